The fourth-order valence-corrected chi connectivity index (χ4v) is 2.91. The number of amides is 1. The van der Waals surface area contributed by atoms with Crippen LogP contribution in [0.2, 0.25) is 0 Å². The van der Waals surface area contributed by atoms with Gasteiger partial charge in [0.1, 0.15) is 6.04 Å². The number of carbonyl (C=O) groups is 1. The van der Waals surface area contributed by atoms with Gasteiger partial charge in [-0.1, -0.05) is 19.0 Å². The SMILES string of the molecule is CC(C)c1noc([C@@H](NC(=O)Cc2ccc[nH]2)C2CCOCC2)n1. The van der Waals surface area contributed by atoms with E-state index in [0.717, 1.165) is 18.5 Å². The van der Waals surface area contributed by atoms with Crippen LogP contribution in [0.4, 0.5) is 0 Å². The van der Waals surface area contributed by atoms with Crippen LogP contribution in [0.5, 0.6) is 0 Å². The monoisotopic (exact) mass is 332 g/mol. The molecule has 0 aliphatic carbocycles. The zero-order chi connectivity index (χ0) is 16.9. The number of aromatic amines is 1. The van der Waals surface area contributed by atoms with Gasteiger partial charge < -0.3 is 19.6 Å². The lowest BCUT2D eigenvalue weighted by molar-refractivity contribution is -0.122. The molecule has 0 saturated carbocycles. The van der Waals surface area contributed by atoms with Crippen LogP contribution in [0.1, 0.15) is 56.1 Å². The summed E-state index contributed by atoms with van der Waals surface area (Å²) in [6.07, 6.45) is 3.85. The Hall–Kier alpha value is -2.15. The highest BCUT2D eigenvalue weighted by molar-refractivity contribution is 5.78. The molecule has 1 saturated heterocycles. The van der Waals surface area contributed by atoms with Crippen LogP contribution in [0.3, 0.4) is 0 Å². The van der Waals surface area contributed by atoms with E-state index in [1.165, 1.54) is 0 Å². The molecule has 130 valence electrons. The van der Waals surface area contributed by atoms with Crippen LogP contribution >= 0.6 is 0 Å². The number of hydrogen-bond acceptors (Lipinski definition) is 5. The number of nitrogens with zero attached hydrogens (tertiary/aromatic N) is 2. The van der Waals surface area contributed by atoms with Gasteiger partial charge in [0.15, 0.2) is 5.82 Å². The van der Waals surface area contributed by atoms with E-state index >= 15 is 0 Å². The number of carbonyl (C=O) groups excluding carboxylic acids is 1. The summed E-state index contributed by atoms with van der Waals surface area (Å²) >= 11 is 0. The minimum atomic E-state index is -0.267. The fraction of sp³-hybridized carbons (Fsp3) is 0.588. The van der Waals surface area contributed by atoms with Crippen LogP contribution in [0, 0.1) is 5.92 Å². The zero-order valence-corrected chi connectivity index (χ0v) is 14.1. The Balaban J connectivity index is 1.74. The highest BCUT2D eigenvalue weighted by Crippen LogP contribution is 2.30. The Morgan fingerprint density at radius 3 is 2.83 bits per heavy atom. The van der Waals surface area contributed by atoms with Gasteiger partial charge in [-0.3, -0.25) is 4.79 Å². The summed E-state index contributed by atoms with van der Waals surface area (Å²) in [5, 5.41) is 7.12. The largest absolute Gasteiger partial charge is 0.381 e. The van der Waals surface area contributed by atoms with Gasteiger partial charge in [-0.15, -0.1) is 0 Å². The van der Waals surface area contributed by atoms with Crippen molar-refractivity contribution in [2.75, 3.05) is 13.2 Å². The first-order valence-electron chi connectivity index (χ1n) is 8.46. The predicted molar refractivity (Wildman–Crippen MR) is 87.3 cm³/mol. The second kappa shape index (κ2) is 7.61. The van der Waals surface area contributed by atoms with Crippen molar-refractivity contribution < 1.29 is 14.1 Å². The molecule has 1 amide bonds. The molecule has 24 heavy (non-hydrogen) atoms. The zero-order valence-electron chi connectivity index (χ0n) is 14.1. The standard InChI is InChI=1S/C17H24N4O3/c1-11(2)16-20-17(24-21-16)15(12-5-8-23-9-6-12)19-14(22)10-13-4-3-7-18-13/h3-4,7,11-12,15,18H,5-6,8-10H2,1-2H3,(H,19,22)/t15-/m0/s1. The number of hydrogen-bond donors (Lipinski definition) is 2. The number of ether oxygens (including phenoxy) is 1. The van der Waals surface area contributed by atoms with E-state index in [1.54, 1.807) is 0 Å². The Labute approximate surface area is 141 Å². The fourth-order valence-electron chi connectivity index (χ4n) is 2.91. The molecule has 0 unspecified atom stereocenters. The first-order valence-corrected chi connectivity index (χ1v) is 8.46. The van der Waals surface area contributed by atoms with Crippen molar-refractivity contribution in [1.29, 1.82) is 0 Å². The predicted octanol–water partition coefficient (Wildman–Crippen LogP) is 2.35. The Bertz CT molecular complexity index is 645. The maximum absolute atomic E-state index is 12.4. The molecule has 3 rings (SSSR count). The molecule has 0 aromatic carbocycles. The first-order chi connectivity index (χ1) is 11.6. The van der Waals surface area contributed by atoms with Crippen molar-refractivity contribution in [3.63, 3.8) is 0 Å². The van der Waals surface area contributed by atoms with E-state index in [0.29, 0.717) is 31.3 Å². The average Bonchev–Trinajstić information content (AvgIpc) is 3.25. The molecular weight excluding hydrogens is 308 g/mol. The van der Waals surface area contributed by atoms with Crippen LogP contribution in [0.15, 0.2) is 22.9 Å². The normalized spacial score (nSPS) is 17.1. The summed E-state index contributed by atoms with van der Waals surface area (Å²) < 4.78 is 10.9. The van der Waals surface area contributed by atoms with Crippen molar-refractivity contribution in [3.05, 3.63) is 35.7 Å². The summed E-state index contributed by atoms with van der Waals surface area (Å²) in [7, 11) is 0. The Kier molecular flexibility index (Phi) is 5.30. The summed E-state index contributed by atoms with van der Waals surface area (Å²) in [5.74, 6) is 1.53. The minimum Gasteiger partial charge on any atom is -0.381 e. The summed E-state index contributed by atoms with van der Waals surface area (Å²) in [6.45, 7) is 5.42. The number of aromatic nitrogens is 3. The molecule has 2 aromatic rings. The molecule has 3 heterocycles. The van der Waals surface area contributed by atoms with Gasteiger partial charge in [-0.25, -0.2) is 0 Å². The molecule has 0 bridgehead atoms. The first kappa shape index (κ1) is 16.7. The maximum atomic E-state index is 12.4. The van der Waals surface area contributed by atoms with Gasteiger partial charge in [0.05, 0.1) is 6.42 Å². The lowest BCUT2D eigenvalue weighted by Crippen LogP contribution is -2.37. The molecule has 0 spiro atoms. The van der Waals surface area contributed by atoms with Gasteiger partial charge in [0.25, 0.3) is 0 Å². The van der Waals surface area contributed by atoms with Crippen molar-refractivity contribution in [3.8, 4) is 0 Å². The smallest absolute Gasteiger partial charge is 0.249 e. The third-order valence-corrected chi connectivity index (χ3v) is 4.31. The van der Waals surface area contributed by atoms with Crippen molar-refractivity contribution in [2.24, 2.45) is 5.92 Å². The lowest BCUT2D eigenvalue weighted by Gasteiger charge is -2.28. The minimum absolute atomic E-state index is 0.0572. The van der Waals surface area contributed by atoms with E-state index in [-0.39, 0.29) is 23.8 Å². The van der Waals surface area contributed by atoms with Crippen LogP contribution in [-0.2, 0) is 16.0 Å². The second-order valence-electron chi connectivity index (χ2n) is 6.51. The Morgan fingerprint density at radius 1 is 1.42 bits per heavy atom. The third-order valence-electron chi connectivity index (χ3n) is 4.31. The van der Waals surface area contributed by atoms with Gasteiger partial charge in [-0.2, -0.15) is 4.98 Å². The van der Waals surface area contributed by atoms with Gasteiger partial charge in [0, 0.05) is 31.0 Å². The van der Waals surface area contributed by atoms with Crippen LogP contribution < -0.4 is 5.32 Å². The highest BCUT2D eigenvalue weighted by atomic mass is 16.5. The average molecular weight is 332 g/mol. The molecule has 7 heteroatoms. The molecule has 2 aromatic heterocycles. The molecule has 0 radical (unpaired) electrons. The molecule has 7 nitrogen and oxygen atoms in total. The van der Waals surface area contributed by atoms with Gasteiger partial charge >= 0.3 is 0 Å². The Morgan fingerprint density at radius 2 is 2.21 bits per heavy atom. The quantitative estimate of drug-likeness (QED) is 0.847. The van der Waals surface area contributed by atoms with E-state index < -0.39 is 0 Å². The molecule has 1 fully saturated rings. The van der Waals surface area contributed by atoms with Crippen molar-refractivity contribution >= 4 is 5.91 Å². The second-order valence-corrected chi connectivity index (χ2v) is 6.51. The van der Waals surface area contributed by atoms with Crippen molar-refractivity contribution in [1.82, 2.24) is 20.4 Å². The number of rotatable bonds is 6. The molecule has 1 aliphatic heterocycles. The molecule has 1 aliphatic rings. The molecular formula is C17H24N4O3. The highest BCUT2D eigenvalue weighted by Gasteiger charge is 2.31. The van der Waals surface area contributed by atoms with Gasteiger partial charge in [-0.05, 0) is 30.9 Å². The number of nitrogens with one attached hydrogen (secondary N) is 2. The van der Waals surface area contributed by atoms with E-state index in [2.05, 4.69) is 20.4 Å². The summed E-state index contributed by atoms with van der Waals surface area (Å²) in [6, 6.07) is 3.51. The van der Waals surface area contributed by atoms with Crippen molar-refractivity contribution in [2.45, 2.75) is 45.1 Å². The van der Waals surface area contributed by atoms with Gasteiger partial charge in [0.2, 0.25) is 11.8 Å². The van der Waals surface area contributed by atoms with E-state index in [9.17, 15) is 4.79 Å². The van der Waals surface area contributed by atoms with Crippen LogP contribution in [0.25, 0.3) is 0 Å². The van der Waals surface area contributed by atoms with E-state index in [4.69, 9.17) is 9.26 Å². The van der Waals surface area contributed by atoms with Crippen LogP contribution in [-0.4, -0.2) is 34.2 Å². The maximum Gasteiger partial charge on any atom is 0.249 e. The summed E-state index contributed by atoms with van der Waals surface area (Å²) in [4.78, 5) is 20.0. The summed E-state index contributed by atoms with van der Waals surface area (Å²) in [5.41, 5.74) is 0.881. The third kappa shape index (κ3) is 4.03. The molecule has 2 N–H and O–H groups in total. The molecule has 1 atom stereocenters. The number of H-pyrrole nitrogens is 1. The van der Waals surface area contributed by atoms with E-state index in [1.807, 2.05) is 32.2 Å². The topological polar surface area (TPSA) is 93.0 Å². The lowest BCUT2D eigenvalue weighted by atomic mass is 9.91.